The van der Waals surface area contributed by atoms with Crippen LogP contribution in [0.3, 0.4) is 0 Å². The predicted octanol–water partition coefficient (Wildman–Crippen LogP) is 2.54. The van der Waals surface area contributed by atoms with Crippen LogP contribution >= 0.6 is 0 Å². The Morgan fingerprint density at radius 2 is 1.71 bits per heavy atom. The van der Waals surface area contributed by atoms with Gasteiger partial charge in [-0.25, -0.2) is 0 Å². The average molecular weight is 382 g/mol. The fourth-order valence-corrected chi connectivity index (χ4v) is 4.06. The molecule has 1 atom stereocenters. The summed E-state index contributed by atoms with van der Waals surface area (Å²) in [4.78, 5) is 53.0. The van der Waals surface area contributed by atoms with Gasteiger partial charge in [-0.15, -0.1) is 0 Å². The largest absolute Gasteiger partial charge is 0.348 e. The van der Waals surface area contributed by atoms with Crippen molar-refractivity contribution in [3.8, 4) is 0 Å². The van der Waals surface area contributed by atoms with Crippen LogP contribution in [0.2, 0.25) is 0 Å². The molecule has 1 aromatic carbocycles. The van der Waals surface area contributed by atoms with Gasteiger partial charge in [0.15, 0.2) is 11.6 Å². The lowest BCUT2D eigenvalue weighted by Gasteiger charge is -2.45. The topological polar surface area (TPSA) is 83.6 Å². The van der Waals surface area contributed by atoms with E-state index in [0.29, 0.717) is 28.8 Å². The fraction of sp³-hybridized carbons (Fsp3) is 0.455. The van der Waals surface area contributed by atoms with E-state index in [1.165, 1.54) is 4.90 Å². The molecule has 1 heterocycles. The van der Waals surface area contributed by atoms with Gasteiger partial charge in [0.25, 0.3) is 0 Å². The zero-order valence-corrected chi connectivity index (χ0v) is 16.8. The number of ketones is 2. The van der Waals surface area contributed by atoms with Crippen LogP contribution in [-0.4, -0.2) is 47.4 Å². The van der Waals surface area contributed by atoms with Crippen LogP contribution in [0.1, 0.15) is 61.3 Å². The van der Waals surface area contributed by atoms with Gasteiger partial charge in [0, 0.05) is 35.4 Å². The van der Waals surface area contributed by atoms with Gasteiger partial charge < -0.3 is 10.2 Å². The third-order valence-corrected chi connectivity index (χ3v) is 5.26. The first-order valence-electron chi connectivity index (χ1n) is 9.68. The van der Waals surface area contributed by atoms with Gasteiger partial charge in [-0.3, -0.25) is 19.2 Å². The van der Waals surface area contributed by atoms with Crippen molar-refractivity contribution >= 4 is 23.4 Å². The number of hydrogen-bond donors (Lipinski definition) is 1. The molecule has 0 spiro atoms. The first-order chi connectivity index (χ1) is 13.2. The van der Waals surface area contributed by atoms with Crippen molar-refractivity contribution in [1.29, 1.82) is 0 Å². The molecule has 28 heavy (non-hydrogen) atoms. The van der Waals surface area contributed by atoms with Gasteiger partial charge in [-0.1, -0.05) is 52.0 Å². The van der Waals surface area contributed by atoms with Gasteiger partial charge in [0.1, 0.15) is 0 Å². The number of carbonyl (C=O) groups excluding carboxylic acids is 4. The Labute approximate surface area is 165 Å². The monoisotopic (exact) mass is 382 g/mol. The van der Waals surface area contributed by atoms with Crippen LogP contribution in [0.4, 0.5) is 0 Å². The molecule has 0 radical (unpaired) electrons. The summed E-state index contributed by atoms with van der Waals surface area (Å²) in [7, 11) is 0. The summed E-state index contributed by atoms with van der Waals surface area (Å²) in [5.74, 6) is -1.70. The van der Waals surface area contributed by atoms with Crippen LogP contribution in [-0.2, 0) is 9.59 Å². The van der Waals surface area contributed by atoms with Gasteiger partial charge in [0.2, 0.25) is 0 Å². The summed E-state index contributed by atoms with van der Waals surface area (Å²) in [5.41, 5.74) is 1.09. The molecule has 6 heteroatoms. The van der Waals surface area contributed by atoms with Gasteiger partial charge in [-0.05, 0) is 18.3 Å². The van der Waals surface area contributed by atoms with Crippen LogP contribution in [0.5, 0.6) is 0 Å². The first-order valence-corrected chi connectivity index (χ1v) is 9.68. The fourth-order valence-electron chi connectivity index (χ4n) is 4.06. The number of fused-ring (bicyclic) bond motifs is 1. The highest BCUT2D eigenvalue weighted by Gasteiger charge is 2.47. The third kappa shape index (κ3) is 3.28. The number of amides is 2. The predicted molar refractivity (Wildman–Crippen MR) is 105 cm³/mol. The van der Waals surface area contributed by atoms with Crippen molar-refractivity contribution in [3.63, 3.8) is 0 Å². The standard InChI is InChI=1S/C22H26N2O4/c1-5-11-23-20(27)21(28)24-12-10-15-16(19(24)22(2,3)4)18(26)14-9-7-6-8-13(14)17(15)25/h6-9,19H,5,10-12H2,1-4H3,(H,23,27). The Kier molecular flexibility index (Phi) is 5.24. The van der Waals surface area contributed by atoms with E-state index in [9.17, 15) is 19.2 Å². The lowest BCUT2D eigenvalue weighted by atomic mass is 9.70. The smallest absolute Gasteiger partial charge is 0.312 e. The Balaban J connectivity index is 2.07. The normalized spacial score (nSPS) is 19.3. The Morgan fingerprint density at radius 3 is 2.29 bits per heavy atom. The van der Waals surface area contributed by atoms with Crippen molar-refractivity contribution in [3.05, 3.63) is 46.5 Å². The molecular weight excluding hydrogens is 356 g/mol. The maximum Gasteiger partial charge on any atom is 0.312 e. The summed E-state index contributed by atoms with van der Waals surface area (Å²) >= 11 is 0. The second kappa shape index (κ2) is 7.34. The van der Waals surface area contributed by atoms with Gasteiger partial charge in [0.05, 0.1) is 6.04 Å². The van der Waals surface area contributed by atoms with Crippen LogP contribution in [0, 0.1) is 5.41 Å². The number of hydrogen-bond acceptors (Lipinski definition) is 4. The van der Waals surface area contributed by atoms with E-state index in [2.05, 4.69) is 5.32 Å². The lowest BCUT2D eigenvalue weighted by Crippen LogP contribution is -2.57. The van der Waals surface area contributed by atoms with Gasteiger partial charge in [-0.2, -0.15) is 0 Å². The Morgan fingerprint density at radius 1 is 1.11 bits per heavy atom. The molecule has 0 saturated heterocycles. The number of Topliss-reactive ketones (excluding diaryl/α,β-unsaturated/α-hetero) is 2. The molecule has 2 amide bonds. The molecule has 1 aromatic rings. The first kappa shape index (κ1) is 20.0. The highest BCUT2D eigenvalue weighted by Crippen LogP contribution is 2.41. The zero-order valence-electron chi connectivity index (χ0n) is 16.8. The van der Waals surface area contributed by atoms with E-state index in [-0.39, 0.29) is 24.5 Å². The number of benzene rings is 1. The molecule has 1 unspecified atom stereocenters. The summed E-state index contributed by atoms with van der Waals surface area (Å²) in [6, 6.07) is 6.15. The number of carbonyl (C=O) groups is 4. The molecule has 1 N–H and O–H groups in total. The van der Waals surface area contributed by atoms with E-state index in [0.717, 1.165) is 6.42 Å². The molecule has 1 aliphatic heterocycles. The molecule has 0 bridgehead atoms. The van der Waals surface area contributed by atoms with E-state index in [1.807, 2.05) is 27.7 Å². The van der Waals surface area contributed by atoms with E-state index >= 15 is 0 Å². The number of rotatable bonds is 2. The lowest BCUT2D eigenvalue weighted by molar-refractivity contribution is -0.148. The molecule has 1 aliphatic carbocycles. The maximum absolute atomic E-state index is 13.3. The SMILES string of the molecule is CCCNC(=O)C(=O)N1CCC2=C(C(=O)c3ccccc3C2=O)C1C(C)(C)C. The van der Waals surface area contributed by atoms with E-state index in [4.69, 9.17) is 0 Å². The molecule has 2 aliphatic rings. The van der Waals surface area contributed by atoms with Gasteiger partial charge >= 0.3 is 11.8 Å². The molecule has 6 nitrogen and oxygen atoms in total. The summed E-state index contributed by atoms with van der Waals surface area (Å²) in [5, 5.41) is 2.61. The molecule has 0 saturated carbocycles. The molecule has 148 valence electrons. The summed E-state index contributed by atoms with van der Waals surface area (Å²) in [6.07, 6.45) is 0.994. The molecule has 0 aromatic heterocycles. The van der Waals surface area contributed by atoms with Crippen LogP contribution in [0.25, 0.3) is 0 Å². The molecule has 3 rings (SSSR count). The molecule has 0 fully saturated rings. The quantitative estimate of drug-likeness (QED) is 0.797. The summed E-state index contributed by atoms with van der Waals surface area (Å²) in [6.45, 7) is 8.30. The van der Waals surface area contributed by atoms with E-state index < -0.39 is 23.3 Å². The maximum atomic E-state index is 13.3. The van der Waals surface area contributed by atoms with Crippen molar-refractivity contribution in [2.24, 2.45) is 5.41 Å². The zero-order chi connectivity index (χ0) is 20.6. The third-order valence-electron chi connectivity index (χ3n) is 5.26. The minimum Gasteiger partial charge on any atom is -0.348 e. The average Bonchev–Trinajstić information content (AvgIpc) is 2.67. The van der Waals surface area contributed by atoms with Crippen LogP contribution in [0.15, 0.2) is 35.4 Å². The van der Waals surface area contributed by atoms with Crippen molar-refractivity contribution in [2.75, 3.05) is 13.1 Å². The van der Waals surface area contributed by atoms with Crippen molar-refractivity contribution in [1.82, 2.24) is 10.2 Å². The Bertz CT molecular complexity index is 892. The van der Waals surface area contributed by atoms with Crippen molar-refractivity contribution < 1.29 is 19.2 Å². The second-order valence-electron chi connectivity index (χ2n) is 8.37. The summed E-state index contributed by atoms with van der Waals surface area (Å²) < 4.78 is 0. The molecular formula is C22H26N2O4. The number of nitrogens with zero attached hydrogens (tertiary/aromatic N) is 1. The number of nitrogens with one attached hydrogen (secondary N) is 1. The minimum absolute atomic E-state index is 0.151. The highest BCUT2D eigenvalue weighted by molar-refractivity contribution is 6.35. The van der Waals surface area contributed by atoms with Crippen molar-refractivity contribution in [2.45, 2.75) is 46.6 Å². The second-order valence-corrected chi connectivity index (χ2v) is 8.37. The minimum atomic E-state index is -0.671. The van der Waals surface area contributed by atoms with E-state index in [1.54, 1.807) is 24.3 Å². The Hall–Kier alpha value is -2.76. The van der Waals surface area contributed by atoms with Crippen LogP contribution < -0.4 is 5.32 Å². The highest BCUT2D eigenvalue weighted by atomic mass is 16.2.